The summed E-state index contributed by atoms with van der Waals surface area (Å²) in [5, 5.41) is 0. The second kappa shape index (κ2) is 12.3. The fourth-order valence-corrected chi connectivity index (χ4v) is 1.33. The van der Waals surface area contributed by atoms with Crippen molar-refractivity contribution in [1.82, 2.24) is 0 Å². The quantitative estimate of drug-likeness (QED) is 0.311. The maximum Gasteiger partial charge on any atom is 0.0269 e. The SMILES string of the molecule is C/C=C/CC#CCCCCCCCC. The molecule has 0 unspecified atom stereocenters. The normalized spacial score (nSPS) is 10.1. The molecule has 0 fully saturated rings. The third kappa shape index (κ3) is 11.3. The van der Waals surface area contributed by atoms with Crippen LogP contribution in [0, 0.1) is 11.8 Å². The maximum atomic E-state index is 3.21. The molecule has 0 spiro atoms. The third-order valence-electron chi connectivity index (χ3n) is 2.24. The van der Waals surface area contributed by atoms with Gasteiger partial charge in [0.15, 0.2) is 0 Å². The molecular weight excluding hydrogens is 168 g/mol. The zero-order valence-electron chi connectivity index (χ0n) is 9.81. The van der Waals surface area contributed by atoms with Crippen LogP contribution in [-0.2, 0) is 0 Å². The van der Waals surface area contributed by atoms with E-state index in [-0.39, 0.29) is 0 Å². The van der Waals surface area contributed by atoms with Crippen molar-refractivity contribution < 1.29 is 0 Å². The summed E-state index contributed by atoms with van der Waals surface area (Å²) in [6.45, 7) is 4.29. The summed E-state index contributed by atoms with van der Waals surface area (Å²) in [7, 11) is 0. The van der Waals surface area contributed by atoms with Crippen molar-refractivity contribution in [2.75, 3.05) is 0 Å². The summed E-state index contributed by atoms with van der Waals surface area (Å²) in [5.41, 5.74) is 0. The van der Waals surface area contributed by atoms with E-state index in [1.54, 1.807) is 0 Å². The zero-order chi connectivity index (χ0) is 10.5. The standard InChI is InChI=1S/C14H24/c1-3-5-7-9-11-13-14-12-10-8-6-4-2/h3,5H,4,6-8,10,12-14H2,1-2H3/b5-3+. The van der Waals surface area contributed by atoms with Gasteiger partial charge in [0.1, 0.15) is 0 Å². The van der Waals surface area contributed by atoms with Crippen molar-refractivity contribution in [2.45, 2.75) is 65.2 Å². The summed E-state index contributed by atoms with van der Waals surface area (Å²) in [5.74, 6) is 6.36. The van der Waals surface area contributed by atoms with Crippen LogP contribution in [0.2, 0.25) is 0 Å². The summed E-state index contributed by atoms with van der Waals surface area (Å²) >= 11 is 0. The molecule has 14 heavy (non-hydrogen) atoms. The van der Waals surface area contributed by atoms with Crippen LogP contribution in [0.5, 0.6) is 0 Å². The van der Waals surface area contributed by atoms with E-state index in [9.17, 15) is 0 Å². The number of hydrogen-bond donors (Lipinski definition) is 0. The Balaban J connectivity index is 3.07. The molecule has 0 heteroatoms. The van der Waals surface area contributed by atoms with Gasteiger partial charge in [-0.1, -0.05) is 57.1 Å². The lowest BCUT2D eigenvalue weighted by molar-refractivity contribution is 0.614. The zero-order valence-corrected chi connectivity index (χ0v) is 9.81. The van der Waals surface area contributed by atoms with E-state index < -0.39 is 0 Å². The third-order valence-corrected chi connectivity index (χ3v) is 2.24. The van der Waals surface area contributed by atoms with Gasteiger partial charge in [0.25, 0.3) is 0 Å². The van der Waals surface area contributed by atoms with E-state index in [0.29, 0.717) is 0 Å². The predicted molar refractivity (Wildman–Crippen MR) is 65.2 cm³/mol. The summed E-state index contributed by atoms with van der Waals surface area (Å²) in [6, 6.07) is 0. The monoisotopic (exact) mass is 192 g/mol. The smallest absolute Gasteiger partial charge is 0.0269 e. The Morgan fingerprint density at radius 1 is 0.929 bits per heavy atom. The average Bonchev–Trinajstić information content (AvgIpc) is 2.21. The lowest BCUT2D eigenvalue weighted by atomic mass is 10.1. The minimum absolute atomic E-state index is 0.923. The first-order valence-corrected chi connectivity index (χ1v) is 5.98. The van der Waals surface area contributed by atoms with E-state index in [4.69, 9.17) is 0 Å². The Labute approximate surface area is 89.8 Å². The average molecular weight is 192 g/mol. The highest BCUT2D eigenvalue weighted by atomic mass is 13.9. The molecule has 80 valence electrons. The van der Waals surface area contributed by atoms with Crippen LogP contribution in [0.1, 0.15) is 65.2 Å². The summed E-state index contributed by atoms with van der Waals surface area (Å²) in [4.78, 5) is 0. The Bertz CT molecular complexity index is 178. The molecule has 0 radical (unpaired) electrons. The topological polar surface area (TPSA) is 0 Å². The largest absolute Gasteiger partial charge is 0.103 e. The first-order chi connectivity index (χ1) is 6.91. The molecule has 0 aliphatic carbocycles. The first-order valence-electron chi connectivity index (χ1n) is 5.98. The van der Waals surface area contributed by atoms with Crippen molar-refractivity contribution in [3.05, 3.63) is 12.2 Å². The van der Waals surface area contributed by atoms with E-state index in [2.05, 4.69) is 30.9 Å². The number of unbranched alkanes of at least 4 members (excludes halogenated alkanes) is 6. The van der Waals surface area contributed by atoms with Crippen LogP contribution in [0.4, 0.5) is 0 Å². The molecule has 0 aliphatic rings. The molecule has 0 aromatic carbocycles. The molecule has 0 saturated heterocycles. The first kappa shape index (κ1) is 13.3. The van der Waals surface area contributed by atoms with Gasteiger partial charge < -0.3 is 0 Å². The van der Waals surface area contributed by atoms with Crippen LogP contribution < -0.4 is 0 Å². The number of allylic oxidation sites excluding steroid dienone is 2. The molecule has 0 N–H and O–H groups in total. The Morgan fingerprint density at radius 2 is 1.64 bits per heavy atom. The van der Waals surface area contributed by atoms with Gasteiger partial charge in [-0.25, -0.2) is 0 Å². The van der Waals surface area contributed by atoms with Crippen molar-refractivity contribution >= 4 is 0 Å². The molecule has 0 nitrogen and oxygen atoms in total. The maximum absolute atomic E-state index is 3.21. The van der Waals surface area contributed by atoms with Crippen LogP contribution >= 0.6 is 0 Å². The van der Waals surface area contributed by atoms with Crippen molar-refractivity contribution in [3.8, 4) is 11.8 Å². The van der Waals surface area contributed by atoms with Gasteiger partial charge in [0, 0.05) is 12.8 Å². The second-order valence-electron chi connectivity index (χ2n) is 3.64. The van der Waals surface area contributed by atoms with Crippen molar-refractivity contribution in [1.29, 1.82) is 0 Å². The van der Waals surface area contributed by atoms with E-state index >= 15 is 0 Å². The highest BCUT2D eigenvalue weighted by molar-refractivity contribution is 5.03. The second-order valence-corrected chi connectivity index (χ2v) is 3.64. The Morgan fingerprint density at radius 3 is 2.36 bits per heavy atom. The van der Waals surface area contributed by atoms with Gasteiger partial charge >= 0.3 is 0 Å². The lowest BCUT2D eigenvalue weighted by Gasteiger charge is -1.96. The molecule has 0 aromatic heterocycles. The molecule has 0 rings (SSSR count). The number of rotatable bonds is 7. The molecular formula is C14H24. The summed E-state index contributed by atoms with van der Waals surface area (Å²) in [6.07, 6.45) is 14.3. The fourth-order valence-electron chi connectivity index (χ4n) is 1.33. The minimum atomic E-state index is 0.923. The van der Waals surface area contributed by atoms with Gasteiger partial charge in [-0.3, -0.25) is 0 Å². The molecule has 0 heterocycles. The Kier molecular flexibility index (Phi) is 11.7. The van der Waals surface area contributed by atoms with Crippen LogP contribution in [-0.4, -0.2) is 0 Å². The molecule has 0 aromatic rings. The minimum Gasteiger partial charge on any atom is -0.103 e. The highest BCUT2D eigenvalue weighted by Gasteiger charge is 1.87. The highest BCUT2D eigenvalue weighted by Crippen LogP contribution is 2.06. The van der Waals surface area contributed by atoms with Crippen LogP contribution in [0.25, 0.3) is 0 Å². The molecule has 0 amide bonds. The predicted octanol–water partition coefficient (Wildman–Crippen LogP) is 4.71. The van der Waals surface area contributed by atoms with Gasteiger partial charge in [-0.05, 0) is 13.3 Å². The van der Waals surface area contributed by atoms with E-state index in [1.807, 2.05) is 6.92 Å². The van der Waals surface area contributed by atoms with Gasteiger partial charge in [0.05, 0.1) is 0 Å². The Hall–Kier alpha value is -0.700. The van der Waals surface area contributed by atoms with E-state index in [1.165, 1.54) is 38.5 Å². The lowest BCUT2D eigenvalue weighted by Crippen LogP contribution is -1.77. The van der Waals surface area contributed by atoms with Gasteiger partial charge in [-0.15, -0.1) is 5.92 Å². The van der Waals surface area contributed by atoms with Crippen molar-refractivity contribution in [2.24, 2.45) is 0 Å². The van der Waals surface area contributed by atoms with Crippen LogP contribution in [0.15, 0.2) is 12.2 Å². The van der Waals surface area contributed by atoms with E-state index in [0.717, 1.165) is 12.8 Å². The molecule has 0 atom stereocenters. The molecule has 0 bridgehead atoms. The van der Waals surface area contributed by atoms with Crippen LogP contribution in [0.3, 0.4) is 0 Å². The molecule has 0 aliphatic heterocycles. The molecule has 0 saturated carbocycles. The summed E-state index contributed by atoms with van der Waals surface area (Å²) < 4.78 is 0. The van der Waals surface area contributed by atoms with Crippen molar-refractivity contribution in [3.63, 3.8) is 0 Å². The number of hydrogen-bond acceptors (Lipinski definition) is 0. The van der Waals surface area contributed by atoms with Gasteiger partial charge in [0.2, 0.25) is 0 Å². The van der Waals surface area contributed by atoms with Gasteiger partial charge in [-0.2, -0.15) is 0 Å². The fraction of sp³-hybridized carbons (Fsp3) is 0.714.